The third-order valence-electron chi connectivity index (χ3n) is 3.49. The van der Waals surface area contributed by atoms with E-state index in [0.717, 1.165) is 25.9 Å². The molecular weight excluding hydrogens is 214 g/mol. The van der Waals surface area contributed by atoms with Crippen LogP contribution in [-0.4, -0.2) is 61.5 Å². The second kappa shape index (κ2) is 6.97. The summed E-state index contributed by atoms with van der Waals surface area (Å²) in [6, 6.07) is 0.809. The van der Waals surface area contributed by atoms with E-state index in [1.165, 1.54) is 6.42 Å². The minimum absolute atomic E-state index is 0.253. The molecule has 0 aromatic heterocycles. The van der Waals surface area contributed by atoms with Crippen LogP contribution < -0.4 is 5.32 Å². The van der Waals surface area contributed by atoms with Crippen LogP contribution in [0.4, 0.5) is 0 Å². The smallest absolute Gasteiger partial charge is 0.237 e. The molecule has 1 saturated heterocycles. The fourth-order valence-corrected chi connectivity index (χ4v) is 2.50. The Labute approximate surface area is 105 Å². The van der Waals surface area contributed by atoms with Crippen molar-refractivity contribution in [2.45, 2.75) is 45.2 Å². The van der Waals surface area contributed by atoms with Crippen molar-refractivity contribution in [1.82, 2.24) is 15.1 Å². The quantitative estimate of drug-likeness (QED) is 0.727. The summed E-state index contributed by atoms with van der Waals surface area (Å²) in [6.45, 7) is 6.64. The molecule has 1 amide bonds. The minimum atomic E-state index is 0.253. The van der Waals surface area contributed by atoms with Crippen molar-refractivity contribution in [2.75, 3.05) is 33.7 Å². The van der Waals surface area contributed by atoms with Crippen molar-refractivity contribution < 1.29 is 4.79 Å². The zero-order chi connectivity index (χ0) is 12.8. The molecule has 0 aliphatic carbocycles. The molecule has 17 heavy (non-hydrogen) atoms. The average Bonchev–Trinajstić information content (AvgIpc) is 2.24. The number of likely N-dealkylation sites (tertiary alicyclic amines) is 1. The fourth-order valence-electron chi connectivity index (χ4n) is 2.50. The Morgan fingerprint density at radius 2 is 1.88 bits per heavy atom. The molecule has 2 unspecified atom stereocenters. The maximum Gasteiger partial charge on any atom is 0.237 e. The zero-order valence-corrected chi connectivity index (χ0v) is 11.7. The number of carbonyl (C=O) groups is 1. The summed E-state index contributed by atoms with van der Waals surface area (Å²) in [6.07, 6.45) is 3.54. The van der Waals surface area contributed by atoms with E-state index < -0.39 is 0 Å². The SMILES string of the molecule is CC1CCCC(C)N1C(=O)CNCCN(C)C. The van der Waals surface area contributed by atoms with Crippen LogP contribution in [0.5, 0.6) is 0 Å². The predicted octanol–water partition coefficient (Wildman–Crippen LogP) is 0.927. The van der Waals surface area contributed by atoms with Crippen molar-refractivity contribution in [3.63, 3.8) is 0 Å². The van der Waals surface area contributed by atoms with E-state index in [1.807, 2.05) is 14.1 Å². The first-order valence-corrected chi connectivity index (χ1v) is 6.69. The highest BCUT2D eigenvalue weighted by atomic mass is 16.2. The second-order valence-corrected chi connectivity index (χ2v) is 5.41. The van der Waals surface area contributed by atoms with Crippen LogP contribution in [0.1, 0.15) is 33.1 Å². The van der Waals surface area contributed by atoms with Gasteiger partial charge in [-0.15, -0.1) is 0 Å². The normalized spacial score (nSPS) is 25.4. The van der Waals surface area contributed by atoms with Gasteiger partial charge in [-0.3, -0.25) is 4.79 Å². The lowest BCUT2D eigenvalue weighted by molar-refractivity contribution is -0.136. The van der Waals surface area contributed by atoms with Crippen LogP contribution in [0.15, 0.2) is 0 Å². The van der Waals surface area contributed by atoms with Crippen LogP contribution in [0.25, 0.3) is 0 Å². The number of likely N-dealkylation sites (N-methyl/N-ethyl adjacent to an activating group) is 1. The number of carbonyl (C=O) groups excluding carboxylic acids is 1. The largest absolute Gasteiger partial charge is 0.336 e. The van der Waals surface area contributed by atoms with Gasteiger partial charge in [0, 0.05) is 25.2 Å². The Morgan fingerprint density at radius 1 is 1.29 bits per heavy atom. The van der Waals surface area contributed by atoms with Gasteiger partial charge in [0.25, 0.3) is 0 Å². The number of hydrogen-bond donors (Lipinski definition) is 1. The van der Waals surface area contributed by atoms with E-state index >= 15 is 0 Å². The van der Waals surface area contributed by atoms with Crippen molar-refractivity contribution in [3.8, 4) is 0 Å². The van der Waals surface area contributed by atoms with Crippen molar-refractivity contribution in [3.05, 3.63) is 0 Å². The molecule has 1 aliphatic heterocycles. The number of nitrogens with zero attached hydrogens (tertiary/aromatic N) is 2. The molecular formula is C13H27N3O. The molecule has 0 aromatic carbocycles. The Kier molecular flexibility index (Phi) is 5.92. The lowest BCUT2D eigenvalue weighted by Gasteiger charge is -2.39. The summed E-state index contributed by atoms with van der Waals surface area (Å²) < 4.78 is 0. The molecule has 0 spiro atoms. The maximum absolute atomic E-state index is 12.1. The van der Waals surface area contributed by atoms with Crippen LogP contribution in [0.3, 0.4) is 0 Å². The first kappa shape index (κ1) is 14.5. The van der Waals surface area contributed by atoms with Gasteiger partial charge >= 0.3 is 0 Å². The van der Waals surface area contributed by atoms with E-state index in [2.05, 4.69) is 29.0 Å². The molecule has 0 bridgehead atoms. The van der Waals surface area contributed by atoms with Gasteiger partial charge in [-0.1, -0.05) is 0 Å². The van der Waals surface area contributed by atoms with Gasteiger partial charge in [-0.25, -0.2) is 0 Å². The van der Waals surface area contributed by atoms with Gasteiger partial charge < -0.3 is 15.1 Å². The first-order chi connectivity index (χ1) is 8.02. The summed E-state index contributed by atoms with van der Waals surface area (Å²) >= 11 is 0. The standard InChI is InChI=1S/C13H27N3O/c1-11-6-5-7-12(2)16(11)13(17)10-14-8-9-15(3)4/h11-12,14H,5-10H2,1-4H3. The van der Waals surface area contributed by atoms with Crippen molar-refractivity contribution in [1.29, 1.82) is 0 Å². The second-order valence-electron chi connectivity index (χ2n) is 5.41. The Bertz CT molecular complexity index is 233. The number of amides is 1. The monoisotopic (exact) mass is 241 g/mol. The van der Waals surface area contributed by atoms with Crippen LogP contribution >= 0.6 is 0 Å². The number of hydrogen-bond acceptors (Lipinski definition) is 3. The summed E-state index contributed by atoms with van der Waals surface area (Å²) in [5.74, 6) is 0.253. The zero-order valence-electron chi connectivity index (χ0n) is 11.7. The molecule has 0 radical (unpaired) electrons. The van der Waals surface area contributed by atoms with Gasteiger partial charge in [0.05, 0.1) is 6.54 Å². The Hall–Kier alpha value is -0.610. The molecule has 0 saturated carbocycles. The van der Waals surface area contributed by atoms with E-state index in [9.17, 15) is 4.79 Å². The van der Waals surface area contributed by atoms with E-state index in [-0.39, 0.29) is 5.91 Å². The highest BCUT2D eigenvalue weighted by Gasteiger charge is 2.28. The number of rotatable bonds is 5. The molecule has 2 atom stereocenters. The third kappa shape index (κ3) is 4.64. The lowest BCUT2D eigenvalue weighted by Crippen LogP contribution is -2.50. The summed E-state index contributed by atoms with van der Waals surface area (Å²) in [7, 11) is 4.08. The van der Waals surface area contributed by atoms with Crippen LogP contribution in [0, 0.1) is 0 Å². The highest BCUT2D eigenvalue weighted by Crippen LogP contribution is 2.22. The van der Waals surface area contributed by atoms with E-state index in [0.29, 0.717) is 18.6 Å². The molecule has 4 nitrogen and oxygen atoms in total. The van der Waals surface area contributed by atoms with Gasteiger partial charge in [0.2, 0.25) is 5.91 Å². The molecule has 1 fully saturated rings. The molecule has 1 rings (SSSR count). The third-order valence-corrected chi connectivity index (χ3v) is 3.49. The number of piperidine rings is 1. The Balaban J connectivity index is 2.30. The van der Waals surface area contributed by atoms with Crippen LogP contribution in [0.2, 0.25) is 0 Å². The molecule has 1 heterocycles. The van der Waals surface area contributed by atoms with Gasteiger partial charge in [0.1, 0.15) is 0 Å². The van der Waals surface area contributed by atoms with Gasteiger partial charge in [0.15, 0.2) is 0 Å². The minimum Gasteiger partial charge on any atom is -0.336 e. The van der Waals surface area contributed by atoms with E-state index in [4.69, 9.17) is 0 Å². The van der Waals surface area contributed by atoms with Crippen molar-refractivity contribution in [2.24, 2.45) is 0 Å². The Morgan fingerprint density at radius 3 is 2.41 bits per heavy atom. The lowest BCUT2D eigenvalue weighted by atomic mass is 9.97. The summed E-state index contributed by atoms with van der Waals surface area (Å²) in [4.78, 5) is 16.3. The highest BCUT2D eigenvalue weighted by molar-refractivity contribution is 5.79. The van der Waals surface area contributed by atoms with Crippen LogP contribution in [-0.2, 0) is 4.79 Å². The first-order valence-electron chi connectivity index (χ1n) is 6.69. The topological polar surface area (TPSA) is 35.6 Å². The predicted molar refractivity (Wildman–Crippen MR) is 71.0 cm³/mol. The summed E-state index contributed by atoms with van der Waals surface area (Å²) in [5.41, 5.74) is 0. The van der Waals surface area contributed by atoms with Gasteiger partial charge in [-0.05, 0) is 47.2 Å². The molecule has 4 heteroatoms. The molecule has 0 aromatic rings. The number of nitrogens with one attached hydrogen (secondary N) is 1. The average molecular weight is 241 g/mol. The maximum atomic E-state index is 12.1. The molecule has 100 valence electrons. The fraction of sp³-hybridized carbons (Fsp3) is 0.923. The van der Waals surface area contributed by atoms with Crippen molar-refractivity contribution >= 4 is 5.91 Å². The molecule has 1 N–H and O–H groups in total. The summed E-state index contributed by atoms with van der Waals surface area (Å²) in [5, 5.41) is 3.22. The van der Waals surface area contributed by atoms with E-state index in [1.54, 1.807) is 0 Å². The molecule has 1 aliphatic rings. The van der Waals surface area contributed by atoms with Gasteiger partial charge in [-0.2, -0.15) is 0 Å².